The summed E-state index contributed by atoms with van der Waals surface area (Å²) in [5.41, 5.74) is 1.23. The molecule has 1 aromatic heterocycles. The third-order valence-electron chi connectivity index (χ3n) is 2.18. The Hall–Kier alpha value is -0.870. The minimum Gasteiger partial charge on any atom is -0.369 e. The van der Waals surface area contributed by atoms with Gasteiger partial charge in [-0.25, -0.2) is 0 Å². The SMILES string of the molecule is CCOC(C)C(=O)NCc1sccc1C. The fraction of sp³-hybridized carbons (Fsp3) is 0.545. The maximum atomic E-state index is 11.5. The largest absolute Gasteiger partial charge is 0.369 e. The fourth-order valence-electron chi connectivity index (χ4n) is 1.22. The summed E-state index contributed by atoms with van der Waals surface area (Å²) in [5, 5.41) is 4.89. The average molecular weight is 227 g/mol. The minimum absolute atomic E-state index is 0.0512. The van der Waals surface area contributed by atoms with E-state index >= 15 is 0 Å². The van der Waals surface area contributed by atoms with Crippen LogP contribution >= 0.6 is 11.3 Å². The van der Waals surface area contributed by atoms with Crippen molar-refractivity contribution in [3.05, 3.63) is 21.9 Å². The van der Waals surface area contributed by atoms with Crippen LogP contribution in [-0.4, -0.2) is 18.6 Å². The number of amides is 1. The van der Waals surface area contributed by atoms with Crippen LogP contribution in [0, 0.1) is 6.92 Å². The van der Waals surface area contributed by atoms with Crippen LogP contribution in [0.4, 0.5) is 0 Å². The van der Waals surface area contributed by atoms with Crippen LogP contribution in [0.3, 0.4) is 0 Å². The predicted molar refractivity (Wildman–Crippen MR) is 62.0 cm³/mol. The molecule has 0 aliphatic carbocycles. The topological polar surface area (TPSA) is 38.3 Å². The zero-order chi connectivity index (χ0) is 11.3. The highest BCUT2D eigenvalue weighted by molar-refractivity contribution is 7.10. The van der Waals surface area contributed by atoms with Crippen LogP contribution in [0.15, 0.2) is 11.4 Å². The van der Waals surface area contributed by atoms with Gasteiger partial charge in [-0.15, -0.1) is 11.3 Å². The number of aryl methyl sites for hydroxylation is 1. The molecule has 0 saturated heterocycles. The molecule has 0 aromatic carbocycles. The fourth-order valence-corrected chi connectivity index (χ4v) is 2.07. The van der Waals surface area contributed by atoms with E-state index in [2.05, 4.69) is 11.4 Å². The van der Waals surface area contributed by atoms with Crippen LogP contribution in [0.1, 0.15) is 24.3 Å². The van der Waals surface area contributed by atoms with Crippen molar-refractivity contribution in [3.63, 3.8) is 0 Å². The first-order valence-electron chi connectivity index (χ1n) is 5.07. The molecule has 0 saturated carbocycles. The molecular formula is C11H17NO2S. The van der Waals surface area contributed by atoms with Crippen molar-refractivity contribution in [2.75, 3.05) is 6.61 Å². The summed E-state index contributed by atoms with van der Waals surface area (Å²) < 4.78 is 5.20. The van der Waals surface area contributed by atoms with E-state index in [0.717, 1.165) is 0 Å². The highest BCUT2D eigenvalue weighted by Crippen LogP contribution is 2.14. The molecule has 0 spiro atoms. The number of hydrogen-bond acceptors (Lipinski definition) is 3. The van der Waals surface area contributed by atoms with E-state index in [1.807, 2.05) is 19.2 Å². The minimum atomic E-state index is -0.365. The van der Waals surface area contributed by atoms with Crippen molar-refractivity contribution in [2.24, 2.45) is 0 Å². The van der Waals surface area contributed by atoms with Crippen LogP contribution in [0.2, 0.25) is 0 Å². The van der Waals surface area contributed by atoms with Gasteiger partial charge in [-0.1, -0.05) is 0 Å². The lowest BCUT2D eigenvalue weighted by molar-refractivity contribution is -0.131. The molecule has 1 aromatic rings. The molecule has 1 atom stereocenters. The van der Waals surface area contributed by atoms with Crippen molar-refractivity contribution in [1.29, 1.82) is 0 Å². The van der Waals surface area contributed by atoms with Gasteiger partial charge in [-0.05, 0) is 37.8 Å². The molecule has 0 radical (unpaired) electrons. The van der Waals surface area contributed by atoms with Gasteiger partial charge < -0.3 is 10.1 Å². The highest BCUT2D eigenvalue weighted by atomic mass is 32.1. The summed E-state index contributed by atoms with van der Waals surface area (Å²) in [7, 11) is 0. The summed E-state index contributed by atoms with van der Waals surface area (Å²) in [5.74, 6) is -0.0512. The Kier molecular flexibility index (Phi) is 4.78. The number of carbonyl (C=O) groups is 1. The van der Waals surface area contributed by atoms with Crippen LogP contribution < -0.4 is 5.32 Å². The summed E-state index contributed by atoms with van der Waals surface area (Å²) in [6.07, 6.45) is -0.365. The first-order valence-corrected chi connectivity index (χ1v) is 5.95. The van der Waals surface area contributed by atoms with E-state index < -0.39 is 0 Å². The third kappa shape index (κ3) is 3.64. The summed E-state index contributed by atoms with van der Waals surface area (Å²) >= 11 is 1.66. The number of nitrogens with one attached hydrogen (secondary N) is 1. The zero-order valence-electron chi connectivity index (χ0n) is 9.37. The standard InChI is InChI=1S/C11H17NO2S/c1-4-14-9(3)11(13)12-7-10-8(2)5-6-15-10/h5-6,9H,4,7H2,1-3H3,(H,12,13). The molecule has 1 heterocycles. The monoisotopic (exact) mass is 227 g/mol. The normalized spacial score (nSPS) is 12.5. The first-order chi connectivity index (χ1) is 7.15. The average Bonchev–Trinajstić information content (AvgIpc) is 2.61. The summed E-state index contributed by atoms with van der Waals surface area (Å²) in [4.78, 5) is 12.7. The lowest BCUT2D eigenvalue weighted by Gasteiger charge is -2.11. The molecule has 0 fully saturated rings. The van der Waals surface area contributed by atoms with Gasteiger partial charge in [-0.3, -0.25) is 4.79 Å². The predicted octanol–water partition coefficient (Wildman–Crippen LogP) is 2.10. The lowest BCUT2D eigenvalue weighted by atomic mass is 10.3. The van der Waals surface area contributed by atoms with Gasteiger partial charge in [0.1, 0.15) is 6.10 Å². The summed E-state index contributed by atoms with van der Waals surface area (Å²) in [6.45, 7) is 6.85. The number of carbonyl (C=O) groups excluding carboxylic acids is 1. The molecule has 1 rings (SSSR count). The van der Waals surface area contributed by atoms with Gasteiger partial charge in [0, 0.05) is 11.5 Å². The van der Waals surface area contributed by atoms with Gasteiger partial charge in [0.25, 0.3) is 0 Å². The Balaban J connectivity index is 2.37. The van der Waals surface area contributed by atoms with E-state index in [9.17, 15) is 4.79 Å². The number of thiophene rings is 1. The molecule has 1 N–H and O–H groups in total. The molecule has 15 heavy (non-hydrogen) atoms. The van der Waals surface area contributed by atoms with Crippen LogP contribution in [0.5, 0.6) is 0 Å². The van der Waals surface area contributed by atoms with Gasteiger partial charge in [0.15, 0.2) is 0 Å². The molecule has 4 heteroatoms. The molecule has 0 aliphatic rings. The van der Waals surface area contributed by atoms with Crippen LogP contribution in [-0.2, 0) is 16.1 Å². The van der Waals surface area contributed by atoms with Crippen molar-refractivity contribution >= 4 is 17.2 Å². The molecule has 0 bridgehead atoms. The Morgan fingerprint density at radius 3 is 2.93 bits per heavy atom. The first kappa shape index (κ1) is 12.2. The van der Waals surface area contributed by atoms with Crippen LogP contribution in [0.25, 0.3) is 0 Å². The Morgan fingerprint density at radius 2 is 2.40 bits per heavy atom. The number of ether oxygens (including phenoxy) is 1. The molecular weight excluding hydrogens is 210 g/mol. The molecule has 1 unspecified atom stereocenters. The Bertz CT molecular complexity index is 322. The molecule has 1 amide bonds. The lowest BCUT2D eigenvalue weighted by Crippen LogP contribution is -2.33. The van der Waals surface area contributed by atoms with E-state index in [1.165, 1.54) is 10.4 Å². The second-order valence-electron chi connectivity index (χ2n) is 3.34. The quantitative estimate of drug-likeness (QED) is 0.836. The van der Waals surface area contributed by atoms with E-state index in [-0.39, 0.29) is 12.0 Å². The molecule has 0 aliphatic heterocycles. The number of rotatable bonds is 5. The number of hydrogen-bond donors (Lipinski definition) is 1. The van der Waals surface area contributed by atoms with Crippen molar-refractivity contribution in [3.8, 4) is 0 Å². The molecule has 84 valence electrons. The van der Waals surface area contributed by atoms with Crippen molar-refractivity contribution < 1.29 is 9.53 Å². The van der Waals surface area contributed by atoms with E-state index in [1.54, 1.807) is 18.3 Å². The van der Waals surface area contributed by atoms with E-state index in [4.69, 9.17) is 4.74 Å². The van der Waals surface area contributed by atoms with Gasteiger partial charge >= 0.3 is 0 Å². The van der Waals surface area contributed by atoms with Gasteiger partial charge in [0.2, 0.25) is 5.91 Å². The highest BCUT2D eigenvalue weighted by Gasteiger charge is 2.12. The third-order valence-corrected chi connectivity index (χ3v) is 3.20. The maximum Gasteiger partial charge on any atom is 0.249 e. The van der Waals surface area contributed by atoms with Gasteiger partial charge in [-0.2, -0.15) is 0 Å². The second kappa shape index (κ2) is 5.88. The maximum absolute atomic E-state index is 11.5. The molecule has 3 nitrogen and oxygen atoms in total. The van der Waals surface area contributed by atoms with Crippen molar-refractivity contribution in [1.82, 2.24) is 5.32 Å². The zero-order valence-corrected chi connectivity index (χ0v) is 10.2. The second-order valence-corrected chi connectivity index (χ2v) is 4.34. The Morgan fingerprint density at radius 1 is 1.67 bits per heavy atom. The van der Waals surface area contributed by atoms with Gasteiger partial charge in [0.05, 0.1) is 6.54 Å². The smallest absolute Gasteiger partial charge is 0.249 e. The van der Waals surface area contributed by atoms with E-state index in [0.29, 0.717) is 13.2 Å². The van der Waals surface area contributed by atoms with Crippen molar-refractivity contribution in [2.45, 2.75) is 33.4 Å². The summed E-state index contributed by atoms with van der Waals surface area (Å²) in [6, 6.07) is 2.05. The Labute approximate surface area is 94.5 Å².